The van der Waals surface area contributed by atoms with Crippen LogP contribution < -0.4 is 0 Å². The SMILES string of the molecule is CC/C=C\C/C=C\C[C@@H]1[C@@H](O)CC(=O)[C@@H]1/C=C/[C@@H](O)C/C=C\CCC(=O)O. The zero-order valence-corrected chi connectivity index (χ0v) is 16.0. The van der Waals surface area contributed by atoms with E-state index in [0.717, 1.165) is 12.8 Å². The number of allylic oxidation sites excluding steroid dienone is 6. The molecule has 150 valence electrons. The van der Waals surface area contributed by atoms with Gasteiger partial charge in [-0.25, -0.2) is 0 Å². The van der Waals surface area contributed by atoms with Crippen molar-refractivity contribution in [3.8, 4) is 0 Å². The van der Waals surface area contributed by atoms with E-state index in [1.807, 2.05) is 12.2 Å². The van der Waals surface area contributed by atoms with Crippen LogP contribution >= 0.6 is 0 Å². The Labute approximate surface area is 161 Å². The topological polar surface area (TPSA) is 94.8 Å². The van der Waals surface area contributed by atoms with E-state index >= 15 is 0 Å². The van der Waals surface area contributed by atoms with Crippen LogP contribution in [-0.4, -0.2) is 39.3 Å². The average molecular weight is 376 g/mol. The lowest BCUT2D eigenvalue weighted by Gasteiger charge is -2.16. The maximum absolute atomic E-state index is 12.1. The first-order valence-corrected chi connectivity index (χ1v) is 9.69. The highest BCUT2D eigenvalue weighted by Gasteiger charge is 2.39. The lowest BCUT2D eigenvalue weighted by Crippen LogP contribution is -2.19. The molecule has 27 heavy (non-hydrogen) atoms. The third-order valence-electron chi connectivity index (χ3n) is 4.60. The molecule has 0 spiro atoms. The lowest BCUT2D eigenvalue weighted by molar-refractivity contribution is -0.136. The molecule has 0 unspecified atom stereocenters. The van der Waals surface area contributed by atoms with Crippen LogP contribution in [0, 0.1) is 11.8 Å². The van der Waals surface area contributed by atoms with Crippen molar-refractivity contribution in [1.82, 2.24) is 0 Å². The van der Waals surface area contributed by atoms with Gasteiger partial charge in [0.25, 0.3) is 0 Å². The van der Waals surface area contributed by atoms with E-state index in [4.69, 9.17) is 5.11 Å². The molecule has 1 saturated carbocycles. The molecule has 0 heterocycles. The summed E-state index contributed by atoms with van der Waals surface area (Å²) < 4.78 is 0. The first kappa shape index (κ1) is 23.1. The molecule has 1 rings (SSSR count). The number of aliphatic carboxylic acids is 1. The van der Waals surface area contributed by atoms with Gasteiger partial charge in [-0.1, -0.05) is 55.5 Å². The molecule has 4 atom stereocenters. The van der Waals surface area contributed by atoms with Gasteiger partial charge < -0.3 is 15.3 Å². The predicted molar refractivity (Wildman–Crippen MR) is 106 cm³/mol. The van der Waals surface area contributed by atoms with Gasteiger partial charge in [-0.3, -0.25) is 9.59 Å². The molecule has 0 aromatic carbocycles. The Bertz CT molecular complexity index is 573. The smallest absolute Gasteiger partial charge is 0.303 e. The second-order valence-electron chi connectivity index (χ2n) is 6.84. The number of carboxylic acid groups (broad SMARTS) is 1. The van der Waals surface area contributed by atoms with E-state index in [9.17, 15) is 19.8 Å². The number of rotatable bonds is 12. The Balaban J connectivity index is 2.50. The van der Waals surface area contributed by atoms with Crippen molar-refractivity contribution >= 4 is 11.8 Å². The fourth-order valence-electron chi connectivity index (χ4n) is 3.10. The molecule has 3 N–H and O–H groups in total. The van der Waals surface area contributed by atoms with Gasteiger partial charge in [0, 0.05) is 24.7 Å². The normalized spacial score (nSPS) is 24.9. The van der Waals surface area contributed by atoms with Crippen molar-refractivity contribution in [1.29, 1.82) is 0 Å². The Hall–Kier alpha value is -1.98. The molecule has 0 amide bonds. The molecule has 0 aromatic rings. The standard InChI is InChI=1S/C22H32O5/c1-2-3-4-5-6-9-12-18-19(21(25)16-20(18)24)15-14-17(23)11-8-7-10-13-22(26)27/h3-4,6-9,14-15,17-20,23-24H,2,5,10-13,16H2,1H3,(H,26,27)/b4-3-,8-7-,9-6-,15-14+/t17-,18-,19+,20-/m0/s1. The minimum absolute atomic E-state index is 0.00669. The average Bonchev–Trinajstić information content (AvgIpc) is 2.88. The number of ketones is 1. The number of hydrogen-bond donors (Lipinski definition) is 3. The summed E-state index contributed by atoms with van der Waals surface area (Å²) in [6.07, 6.45) is 17.2. The number of hydrogen-bond acceptors (Lipinski definition) is 4. The van der Waals surface area contributed by atoms with E-state index in [1.54, 1.807) is 24.3 Å². The zero-order chi connectivity index (χ0) is 20.1. The van der Waals surface area contributed by atoms with Crippen molar-refractivity contribution in [3.63, 3.8) is 0 Å². The third kappa shape index (κ3) is 9.50. The van der Waals surface area contributed by atoms with E-state index in [0.29, 0.717) is 19.3 Å². The summed E-state index contributed by atoms with van der Waals surface area (Å²) in [5.41, 5.74) is 0. The predicted octanol–water partition coefficient (Wildman–Crippen LogP) is 3.58. The van der Waals surface area contributed by atoms with Crippen LogP contribution in [0.3, 0.4) is 0 Å². The molecule has 5 nitrogen and oxygen atoms in total. The van der Waals surface area contributed by atoms with Crippen LogP contribution in [0.1, 0.15) is 51.9 Å². The summed E-state index contributed by atoms with van der Waals surface area (Å²) in [6, 6.07) is 0. The molecule has 0 saturated heterocycles. The Morgan fingerprint density at radius 3 is 2.63 bits per heavy atom. The summed E-state index contributed by atoms with van der Waals surface area (Å²) in [5.74, 6) is -1.37. The fraction of sp³-hybridized carbons (Fsp3) is 0.545. The maximum atomic E-state index is 12.1. The van der Waals surface area contributed by atoms with Crippen molar-refractivity contribution < 1.29 is 24.9 Å². The second-order valence-corrected chi connectivity index (χ2v) is 6.84. The van der Waals surface area contributed by atoms with Gasteiger partial charge in [0.2, 0.25) is 0 Å². The molecule has 0 bridgehead atoms. The van der Waals surface area contributed by atoms with Gasteiger partial charge >= 0.3 is 5.97 Å². The highest BCUT2D eigenvalue weighted by molar-refractivity contribution is 5.86. The lowest BCUT2D eigenvalue weighted by atomic mass is 9.90. The van der Waals surface area contributed by atoms with Crippen LogP contribution in [0.4, 0.5) is 0 Å². The second kappa shape index (κ2) is 13.2. The molecule has 0 radical (unpaired) electrons. The fourth-order valence-corrected chi connectivity index (χ4v) is 3.10. The summed E-state index contributed by atoms with van der Waals surface area (Å²) in [5, 5.41) is 28.7. The molecule has 1 fully saturated rings. The number of carbonyl (C=O) groups is 2. The molecular formula is C22H32O5. The summed E-state index contributed by atoms with van der Waals surface area (Å²) in [4.78, 5) is 22.6. The first-order chi connectivity index (χ1) is 13.0. The zero-order valence-electron chi connectivity index (χ0n) is 16.0. The number of aliphatic hydroxyl groups is 2. The van der Waals surface area contributed by atoms with Crippen LogP contribution in [0.5, 0.6) is 0 Å². The quantitative estimate of drug-likeness (QED) is 0.453. The molecular weight excluding hydrogens is 344 g/mol. The Morgan fingerprint density at radius 2 is 1.93 bits per heavy atom. The highest BCUT2D eigenvalue weighted by Crippen LogP contribution is 2.33. The van der Waals surface area contributed by atoms with E-state index < -0.39 is 18.2 Å². The minimum atomic E-state index is -0.847. The molecule has 1 aliphatic rings. The molecule has 5 heteroatoms. The van der Waals surface area contributed by atoms with Crippen molar-refractivity contribution in [2.24, 2.45) is 11.8 Å². The largest absolute Gasteiger partial charge is 0.481 e. The van der Waals surface area contributed by atoms with Crippen LogP contribution in [0.2, 0.25) is 0 Å². The van der Waals surface area contributed by atoms with Crippen molar-refractivity contribution in [3.05, 3.63) is 48.6 Å². The number of carboxylic acids is 1. The number of Topliss-reactive ketones (excluding diaryl/α,β-unsaturated/α-hetero) is 1. The van der Waals surface area contributed by atoms with Gasteiger partial charge in [0.05, 0.1) is 12.2 Å². The van der Waals surface area contributed by atoms with Crippen LogP contribution in [0.15, 0.2) is 48.6 Å². The minimum Gasteiger partial charge on any atom is -0.481 e. The van der Waals surface area contributed by atoms with E-state index in [2.05, 4.69) is 19.1 Å². The number of aliphatic hydroxyl groups excluding tert-OH is 2. The Kier molecular flexibility index (Phi) is 11.3. The number of carbonyl (C=O) groups excluding carboxylic acids is 1. The van der Waals surface area contributed by atoms with Crippen LogP contribution in [-0.2, 0) is 9.59 Å². The maximum Gasteiger partial charge on any atom is 0.303 e. The van der Waals surface area contributed by atoms with Gasteiger partial charge in [0.1, 0.15) is 5.78 Å². The summed E-state index contributed by atoms with van der Waals surface area (Å²) >= 11 is 0. The van der Waals surface area contributed by atoms with Crippen molar-refractivity contribution in [2.75, 3.05) is 0 Å². The highest BCUT2D eigenvalue weighted by atomic mass is 16.4. The van der Waals surface area contributed by atoms with Gasteiger partial charge in [-0.15, -0.1) is 0 Å². The summed E-state index contributed by atoms with van der Waals surface area (Å²) in [6.45, 7) is 2.08. The molecule has 0 aliphatic heterocycles. The van der Waals surface area contributed by atoms with Crippen LogP contribution in [0.25, 0.3) is 0 Å². The van der Waals surface area contributed by atoms with Crippen molar-refractivity contribution in [2.45, 2.75) is 64.1 Å². The van der Waals surface area contributed by atoms with Gasteiger partial charge in [0.15, 0.2) is 0 Å². The molecule has 1 aliphatic carbocycles. The monoisotopic (exact) mass is 376 g/mol. The third-order valence-corrected chi connectivity index (χ3v) is 4.60. The molecule has 0 aromatic heterocycles. The Morgan fingerprint density at radius 1 is 1.19 bits per heavy atom. The first-order valence-electron chi connectivity index (χ1n) is 9.69. The van der Waals surface area contributed by atoms with E-state index in [-0.39, 0.29) is 30.5 Å². The van der Waals surface area contributed by atoms with Gasteiger partial charge in [-0.2, -0.15) is 0 Å². The van der Waals surface area contributed by atoms with Gasteiger partial charge in [-0.05, 0) is 32.1 Å². The van der Waals surface area contributed by atoms with E-state index in [1.165, 1.54) is 0 Å². The summed E-state index contributed by atoms with van der Waals surface area (Å²) in [7, 11) is 0.